The number of aryl methyl sites for hydroxylation is 1. The van der Waals surface area contributed by atoms with Crippen molar-refractivity contribution >= 4 is 28.8 Å². The Morgan fingerprint density at radius 1 is 0.947 bits per heavy atom. The third-order valence-electron chi connectivity index (χ3n) is 7.16. The van der Waals surface area contributed by atoms with Crippen LogP contribution in [0.25, 0.3) is 5.76 Å². The summed E-state index contributed by atoms with van der Waals surface area (Å²) >= 11 is 0. The number of aliphatic hydroxyl groups excluding tert-OH is 1. The molecule has 0 spiro atoms. The Labute approximate surface area is 222 Å². The minimum Gasteiger partial charge on any atom is -0.507 e. The van der Waals surface area contributed by atoms with E-state index in [-0.39, 0.29) is 23.5 Å². The first-order chi connectivity index (χ1) is 18.0. The Hall–Kier alpha value is -4.26. The maximum absolute atomic E-state index is 13.6. The molecule has 0 saturated carbocycles. The molecule has 1 N–H and O–H groups in total. The first-order valence-corrected chi connectivity index (χ1v) is 12.6. The number of ether oxygens (including phenoxy) is 2. The smallest absolute Gasteiger partial charge is 0.300 e. The van der Waals surface area contributed by atoms with Crippen LogP contribution in [0.2, 0.25) is 0 Å². The molecule has 7 nitrogen and oxygen atoms in total. The second-order valence-corrected chi connectivity index (χ2v) is 11.0. The van der Waals surface area contributed by atoms with Gasteiger partial charge in [0.15, 0.2) is 11.5 Å². The number of aliphatic hydroxyl groups is 1. The van der Waals surface area contributed by atoms with Gasteiger partial charge in [-0.1, -0.05) is 45.0 Å². The topological polar surface area (TPSA) is 79.3 Å². The number of carbonyl (C=O) groups is 2. The predicted octanol–water partition coefficient (Wildman–Crippen LogP) is 5.71. The number of fused-ring (bicyclic) bond motifs is 1. The van der Waals surface area contributed by atoms with E-state index < -0.39 is 17.7 Å². The van der Waals surface area contributed by atoms with Crippen LogP contribution in [0.15, 0.2) is 66.2 Å². The van der Waals surface area contributed by atoms with Crippen molar-refractivity contribution in [2.75, 3.05) is 30.7 Å². The van der Waals surface area contributed by atoms with E-state index in [1.807, 2.05) is 68.4 Å². The number of amides is 1. The minimum absolute atomic E-state index is 0.0550. The molecule has 2 aliphatic heterocycles. The lowest BCUT2D eigenvalue weighted by Gasteiger charge is -2.26. The van der Waals surface area contributed by atoms with E-state index in [1.54, 1.807) is 18.2 Å². The molecule has 196 valence electrons. The molecule has 1 amide bonds. The molecule has 0 aliphatic carbocycles. The molecule has 1 atom stereocenters. The van der Waals surface area contributed by atoms with Crippen LogP contribution < -0.4 is 19.3 Å². The standard InChI is InChI=1S/C31H32N2O5/c1-18-7-10-20(31(2,3)4)15-23(18)28(34)26-27(19-8-11-21(12-9-19)32(5)6)33(30(36)29(26)35)22-13-14-24-25(16-22)38-17-37-24/h7-16,27,34H,17H2,1-6H3/b28-26+. The van der Waals surface area contributed by atoms with E-state index in [4.69, 9.17) is 9.47 Å². The van der Waals surface area contributed by atoms with E-state index in [1.165, 1.54) is 4.90 Å². The van der Waals surface area contributed by atoms with E-state index in [0.717, 1.165) is 16.8 Å². The number of carbonyl (C=O) groups excluding carboxylic acids is 2. The summed E-state index contributed by atoms with van der Waals surface area (Å²) in [5.41, 5.74) is 4.42. The fourth-order valence-corrected chi connectivity index (χ4v) is 4.89. The molecule has 0 radical (unpaired) electrons. The number of ketones is 1. The molecule has 7 heteroatoms. The number of benzene rings is 3. The third kappa shape index (κ3) is 4.28. The SMILES string of the molecule is Cc1ccc(C(C)(C)C)cc1/C(O)=C1\C(=O)C(=O)N(c2ccc3c(c2)OCO3)C1c1ccc(N(C)C)cc1. The van der Waals surface area contributed by atoms with Crippen molar-refractivity contribution in [1.82, 2.24) is 0 Å². The fraction of sp³-hybridized carbons (Fsp3) is 0.290. The number of Topliss-reactive ketones (excluding diaryl/α,β-unsaturated/α-hetero) is 1. The van der Waals surface area contributed by atoms with Gasteiger partial charge < -0.3 is 19.5 Å². The highest BCUT2D eigenvalue weighted by atomic mass is 16.7. The molecule has 5 rings (SSSR count). The van der Waals surface area contributed by atoms with Gasteiger partial charge in [0.25, 0.3) is 11.7 Å². The Morgan fingerprint density at radius 3 is 2.29 bits per heavy atom. The van der Waals surface area contributed by atoms with Crippen molar-refractivity contribution in [2.45, 2.75) is 39.2 Å². The molecule has 0 bridgehead atoms. The molecule has 3 aromatic carbocycles. The van der Waals surface area contributed by atoms with Crippen molar-refractivity contribution in [1.29, 1.82) is 0 Å². The van der Waals surface area contributed by atoms with E-state index >= 15 is 0 Å². The molecule has 1 fully saturated rings. The molecule has 2 heterocycles. The van der Waals surface area contributed by atoms with Gasteiger partial charge >= 0.3 is 0 Å². The fourth-order valence-electron chi connectivity index (χ4n) is 4.89. The number of anilines is 2. The van der Waals surface area contributed by atoms with Gasteiger partial charge in [-0.25, -0.2) is 0 Å². The lowest BCUT2D eigenvalue weighted by atomic mass is 9.84. The summed E-state index contributed by atoms with van der Waals surface area (Å²) in [6, 6.07) is 17.8. The Bertz CT molecular complexity index is 1460. The quantitative estimate of drug-likeness (QED) is 0.274. The maximum atomic E-state index is 13.6. The van der Waals surface area contributed by atoms with Crippen LogP contribution in [0.3, 0.4) is 0 Å². The Morgan fingerprint density at radius 2 is 1.63 bits per heavy atom. The normalized spacial score (nSPS) is 18.3. The zero-order valence-electron chi connectivity index (χ0n) is 22.5. The van der Waals surface area contributed by atoms with Crippen LogP contribution in [0.1, 0.15) is 49.1 Å². The van der Waals surface area contributed by atoms with Gasteiger partial charge in [-0.2, -0.15) is 0 Å². The molecule has 2 aliphatic rings. The second kappa shape index (κ2) is 9.24. The summed E-state index contributed by atoms with van der Waals surface area (Å²) in [5.74, 6) is -0.553. The average molecular weight is 513 g/mol. The monoisotopic (exact) mass is 512 g/mol. The van der Waals surface area contributed by atoms with Crippen LogP contribution in [-0.2, 0) is 15.0 Å². The first-order valence-electron chi connectivity index (χ1n) is 12.6. The zero-order chi connectivity index (χ0) is 27.4. The van der Waals surface area contributed by atoms with Gasteiger partial charge in [-0.05, 0) is 59.4 Å². The highest BCUT2D eigenvalue weighted by Crippen LogP contribution is 2.45. The Balaban J connectivity index is 1.72. The second-order valence-electron chi connectivity index (χ2n) is 11.0. The number of nitrogens with zero attached hydrogens (tertiary/aromatic N) is 2. The third-order valence-corrected chi connectivity index (χ3v) is 7.16. The van der Waals surface area contributed by atoms with Crippen molar-refractivity contribution in [2.24, 2.45) is 0 Å². The van der Waals surface area contributed by atoms with Gasteiger partial charge in [-0.3, -0.25) is 14.5 Å². The summed E-state index contributed by atoms with van der Waals surface area (Å²) in [4.78, 5) is 30.6. The van der Waals surface area contributed by atoms with Crippen molar-refractivity contribution in [3.05, 3.63) is 88.5 Å². The van der Waals surface area contributed by atoms with Gasteiger partial charge in [0, 0.05) is 37.1 Å². The predicted molar refractivity (Wildman–Crippen MR) is 148 cm³/mol. The van der Waals surface area contributed by atoms with Crippen LogP contribution in [-0.4, -0.2) is 37.7 Å². The maximum Gasteiger partial charge on any atom is 0.300 e. The molecule has 3 aromatic rings. The highest BCUT2D eigenvalue weighted by Gasteiger charge is 2.47. The first kappa shape index (κ1) is 25.4. The molecule has 1 unspecified atom stereocenters. The van der Waals surface area contributed by atoms with Crippen LogP contribution >= 0.6 is 0 Å². The highest BCUT2D eigenvalue weighted by molar-refractivity contribution is 6.51. The van der Waals surface area contributed by atoms with Crippen molar-refractivity contribution in [3.63, 3.8) is 0 Å². The number of hydrogen-bond donors (Lipinski definition) is 1. The van der Waals surface area contributed by atoms with E-state index in [9.17, 15) is 14.7 Å². The molecule has 0 aromatic heterocycles. The van der Waals surface area contributed by atoms with Gasteiger partial charge in [0.1, 0.15) is 5.76 Å². The van der Waals surface area contributed by atoms with Gasteiger partial charge in [0.2, 0.25) is 6.79 Å². The van der Waals surface area contributed by atoms with E-state index in [0.29, 0.717) is 28.3 Å². The van der Waals surface area contributed by atoms with Gasteiger partial charge in [-0.15, -0.1) is 0 Å². The van der Waals surface area contributed by atoms with Crippen molar-refractivity contribution < 1.29 is 24.2 Å². The number of hydrogen-bond acceptors (Lipinski definition) is 6. The van der Waals surface area contributed by atoms with Gasteiger partial charge in [0.05, 0.1) is 11.6 Å². The Kier molecular flexibility index (Phi) is 6.18. The summed E-state index contributed by atoms with van der Waals surface area (Å²) < 4.78 is 11.0. The van der Waals surface area contributed by atoms with E-state index in [2.05, 4.69) is 20.8 Å². The molecule has 1 saturated heterocycles. The minimum atomic E-state index is -0.829. The lowest BCUT2D eigenvalue weighted by Crippen LogP contribution is -2.29. The van der Waals surface area contributed by atoms with Crippen LogP contribution in [0.4, 0.5) is 11.4 Å². The molecular formula is C31H32N2O5. The van der Waals surface area contributed by atoms with Crippen LogP contribution in [0.5, 0.6) is 11.5 Å². The van der Waals surface area contributed by atoms with Crippen molar-refractivity contribution in [3.8, 4) is 11.5 Å². The molecular weight excluding hydrogens is 480 g/mol. The summed E-state index contributed by atoms with van der Waals surface area (Å²) in [6.07, 6.45) is 0. The molecule has 38 heavy (non-hydrogen) atoms. The summed E-state index contributed by atoms with van der Waals surface area (Å²) in [6.45, 7) is 8.25. The lowest BCUT2D eigenvalue weighted by molar-refractivity contribution is -0.132. The largest absolute Gasteiger partial charge is 0.507 e. The van der Waals surface area contributed by atoms with Crippen LogP contribution in [0, 0.1) is 6.92 Å². The average Bonchev–Trinajstić information content (AvgIpc) is 3.45. The summed E-state index contributed by atoms with van der Waals surface area (Å²) in [5, 5.41) is 11.7. The summed E-state index contributed by atoms with van der Waals surface area (Å²) in [7, 11) is 3.89. The number of rotatable bonds is 4. The zero-order valence-corrected chi connectivity index (χ0v) is 22.5.